The van der Waals surface area contributed by atoms with Crippen LogP contribution in [0.15, 0.2) is 128 Å². The molecular weight excluding hydrogens is 810 g/mol. The molecule has 5 aromatic heterocycles. The summed E-state index contributed by atoms with van der Waals surface area (Å²) >= 11 is 2.28. The molecule has 0 radical (unpaired) electrons. The molecule has 0 unspecified atom stereocenters. The fraction of sp³-hybridized carbons (Fsp3) is 0.0455. The van der Waals surface area contributed by atoms with Crippen LogP contribution in [0.4, 0.5) is 0 Å². The predicted octanol–water partition coefficient (Wildman–Crippen LogP) is 10.4. The van der Waals surface area contributed by atoms with Gasteiger partial charge in [0.25, 0.3) is 0 Å². The van der Waals surface area contributed by atoms with Crippen LogP contribution in [0.2, 0.25) is 0 Å². The number of imidazole rings is 1. The van der Waals surface area contributed by atoms with E-state index in [0.29, 0.717) is 11.4 Å². The summed E-state index contributed by atoms with van der Waals surface area (Å²) in [6.07, 6.45) is 1.79. The molecule has 0 fully saturated rings. The number of fused-ring (bicyclic) bond motifs is 10. The molecule has 0 bridgehead atoms. The number of para-hydroxylation sites is 4. The first-order valence-electron chi connectivity index (χ1n) is 18.1. The SMILES string of the molecule is [2H]C([2H])([2H])c1ccc(-n2[c](=[Pt])n(C)c3ccccc32)[c-]c1Oc1[c-]c2c(cc1)c1cc3c4cccc5c6ccccc6n(c3cc1n2-c1ccccn1)c54. The summed E-state index contributed by atoms with van der Waals surface area (Å²) in [5, 5.41) is 6.88. The molecule has 246 valence electrons. The molecule has 51 heavy (non-hydrogen) atoms. The van der Waals surface area contributed by atoms with Crippen LogP contribution in [0.3, 0.4) is 0 Å². The second kappa shape index (κ2) is 10.5. The van der Waals surface area contributed by atoms with Crippen molar-refractivity contribution in [2.24, 2.45) is 7.05 Å². The van der Waals surface area contributed by atoms with Crippen molar-refractivity contribution in [2.75, 3.05) is 0 Å². The quantitative estimate of drug-likeness (QED) is 0.166. The standard InChI is InChI=1S/C44H27N5O.Pt/c1-27-17-18-28(47-26-46(2)37-14-5-6-15-38(37)47)22-42(27)50-29-19-20-31-34-24-35-33-12-9-11-32-30-10-3-4-13-36(30)49(44(32)33)41(35)25-40(34)48(39(31)23-29)43-16-7-8-21-45-43;/h3-21,24-25H,1-2H3;/q-2;/i1D3;. The van der Waals surface area contributed by atoms with E-state index in [9.17, 15) is 0 Å². The number of aryl methyl sites for hydroxylation is 2. The Labute approximate surface area is 306 Å². The number of aromatic nitrogens is 5. The van der Waals surface area contributed by atoms with Crippen molar-refractivity contribution in [1.82, 2.24) is 23.1 Å². The number of nitrogens with zero attached hydrogens (tertiary/aromatic N) is 5. The van der Waals surface area contributed by atoms with Crippen molar-refractivity contribution in [1.29, 1.82) is 0 Å². The van der Waals surface area contributed by atoms with E-state index < -0.39 is 6.85 Å². The molecule has 0 saturated heterocycles. The summed E-state index contributed by atoms with van der Waals surface area (Å²) in [5.74, 6) is 1.23. The van der Waals surface area contributed by atoms with Gasteiger partial charge in [-0.05, 0) is 12.1 Å². The summed E-state index contributed by atoms with van der Waals surface area (Å²) in [6.45, 7) is -2.43. The number of pyridine rings is 1. The van der Waals surface area contributed by atoms with Crippen LogP contribution in [0.5, 0.6) is 11.5 Å². The van der Waals surface area contributed by atoms with E-state index in [1.54, 1.807) is 18.3 Å². The van der Waals surface area contributed by atoms with Crippen molar-refractivity contribution in [3.8, 4) is 23.0 Å². The molecule has 0 spiro atoms. The molecule has 0 aliphatic carbocycles. The second-order valence-corrected chi connectivity index (χ2v) is 13.9. The average molecular weight is 840 g/mol. The summed E-state index contributed by atoms with van der Waals surface area (Å²) < 4.78 is 41.2. The van der Waals surface area contributed by atoms with Crippen LogP contribution in [0.1, 0.15) is 9.68 Å². The molecule has 0 saturated carbocycles. The van der Waals surface area contributed by atoms with E-state index in [2.05, 4.69) is 110 Å². The molecule has 6 aromatic carbocycles. The van der Waals surface area contributed by atoms with E-state index in [1.807, 2.05) is 55.6 Å². The van der Waals surface area contributed by atoms with Crippen molar-refractivity contribution in [3.05, 3.63) is 149 Å². The maximum absolute atomic E-state index is 8.37. The molecule has 0 atom stereocenters. The Morgan fingerprint density at radius 1 is 0.647 bits per heavy atom. The third-order valence-electron chi connectivity index (χ3n) is 10.1. The smallest absolute Gasteiger partial charge is 0.0570 e. The van der Waals surface area contributed by atoms with Crippen molar-refractivity contribution < 1.29 is 28.2 Å². The molecule has 0 N–H and O–H groups in total. The predicted molar refractivity (Wildman–Crippen MR) is 201 cm³/mol. The topological polar surface area (TPSA) is 41.3 Å². The molecule has 0 aliphatic rings. The zero-order valence-electron chi connectivity index (χ0n) is 30.1. The van der Waals surface area contributed by atoms with Gasteiger partial charge in [0.1, 0.15) is 0 Å². The van der Waals surface area contributed by atoms with Gasteiger partial charge in [0.15, 0.2) is 0 Å². The van der Waals surface area contributed by atoms with Gasteiger partial charge in [0.2, 0.25) is 0 Å². The van der Waals surface area contributed by atoms with Gasteiger partial charge in [-0.3, -0.25) is 0 Å². The van der Waals surface area contributed by atoms with Crippen LogP contribution < -0.4 is 4.74 Å². The first-order valence-corrected chi connectivity index (χ1v) is 17.8. The number of ether oxygens (including phenoxy) is 1. The van der Waals surface area contributed by atoms with Crippen molar-refractivity contribution in [2.45, 2.75) is 6.85 Å². The van der Waals surface area contributed by atoms with E-state index in [1.165, 1.54) is 32.6 Å². The van der Waals surface area contributed by atoms with Gasteiger partial charge >= 0.3 is 205 Å². The molecule has 6 nitrogen and oxygen atoms in total. The van der Waals surface area contributed by atoms with Gasteiger partial charge in [-0.15, -0.1) is 0 Å². The van der Waals surface area contributed by atoms with Crippen LogP contribution in [0, 0.1) is 22.8 Å². The van der Waals surface area contributed by atoms with Gasteiger partial charge < -0.3 is 4.40 Å². The summed E-state index contributed by atoms with van der Waals surface area (Å²) in [4.78, 5) is 4.78. The molecular formula is C44H27N5OPt-2. The second-order valence-electron chi connectivity index (χ2n) is 12.9. The molecule has 0 aliphatic heterocycles. The number of hydrogen-bond acceptors (Lipinski definition) is 2. The Balaban J connectivity index is 1.14. The van der Waals surface area contributed by atoms with Gasteiger partial charge in [-0.25, -0.2) is 0 Å². The fourth-order valence-electron chi connectivity index (χ4n) is 7.90. The monoisotopic (exact) mass is 839 g/mol. The third kappa shape index (κ3) is 3.97. The maximum atomic E-state index is 8.37. The molecule has 11 rings (SSSR count). The average Bonchev–Trinajstić information content (AvgIpc) is 3.88. The first-order chi connectivity index (χ1) is 26.3. The number of rotatable bonds is 4. The minimum atomic E-state index is -2.43. The summed E-state index contributed by atoms with van der Waals surface area (Å²) in [6, 6.07) is 47.8. The van der Waals surface area contributed by atoms with Crippen molar-refractivity contribution >= 4 is 70.9 Å². The van der Waals surface area contributed by atoms with Crippen LogP contribution >= 0.6 is 0 Å². The first kappa shape index (κ1) is 25.9. The number of benzene rings is 6. The Kier molecular flexibility index (Phi) is 5.35. The Morgan fingerprint density at radius 3 is 2.25 bits per heavy atom. The van der Waals surface area contributed by atoms with Gasteiger partial charge in [-0.1, -0.05) is 42.5 Å². The van der Waals surface area contributed by atoms with Crippen LogP contribution in [-0.2, 0) is 26.4 Å². The van der Waals surface area contributed by atoms with Gasteiger partial charge in [-0.2, -0.15) is 0 Å². The fourth-order valence-corrected chi connectivity index (χ4v) is 8.72. The molecule has 0 amide bonds. The van der Waals surface area contributed by atoms with Crippen LogP contribution in [-0.4, -0.2) is 23.1 Å². The van der Waals surface area contributed by atoms with Crippen LogP contribution in [0.25, 0.3) is 82.4 Å². The zero-order valence-corrected chi connectivity index (χ0v) is 29.4. The minimum Gasteiger partial charge on any atom is -0.0570 e. The van der Waals surface area contributed by atoms with E-state index in [4.69, 9.17) is 13.8 Å². The molecule has 5 heterocycles. The molecule has 7 heteroatoms. The van der Waals surface area contributed by atoms with Gasteiger partial charge in [0.05, 0.1) is 16.6 Å². The Morgan fingerprint density at radius 2 is 1.41 bits per heavy atom. The van der Waals surface area contributed by atoms with Crippen molar-refractivity contribution in [3.63, 3.8) is 0 Å². The van der Waals surface area contributed by atoms with E-state index in [-0.39, 0.29) is 11.3 Å². The minimum absolute atomic E-state index is 0.0708. The van der Waals surface area contributed by atoms with Gasteiger partial charge in [0, 0.05) is 27.7 Å². The molecule has 11 aromatic rings. The van der Waals surface area contributed by atoms with E-state index >= 15 is 0 Å². The normalized spacial score (nSPS) is 13.4. The Hall–Kier alpha value is -5.97. The third-order valence-corrected chi connectivity index (χ3v) is 11.4. The summed E-state index contributed by atoms with van der Waals surface area (Å²) in [7, 11) is 2.01. The number of hydrogen-bond donors (Lipinski definition) is 0. The van der Waals surface area contributed by atoms with E-state index in [0.717, 1.165) is 48.0 Å². The zero-order chi connectivity index (χ0) is 36.5. The summed E-state index contributed by atoms with van der Waals surface area (Å²) in [5.41, 5.74) is 8.01. The Bertz CT molecular complexity index is 3390.